The Morgan fingerprint density at radius 3 is 2.64 bits per heavy atom. The fourth-order valence-electron chi connectivity index (χ4n) is 1.76. The molecule has 2 rings (SSSR count). The quantitative estimate of drug-likeness (QED) is 0.840. The number of carbonyl (C=O) groups excluding carboxylic acids is 2. The summed E-state index contributed by atoms with van der Waals surface area (Å²) >= 11 is 3.36. The first-order valence-electron chi connectivity index (χ1n) is 6.45. The Balaban J connectivity index is 1.91. The Bertz CT molecular complexity index is 718. The van der Waals surface area contributed by atoms with Crippen LogP contribution in [0.5, 0.6) is 0 Å². The first kappa shape index (κ1) is 16.2. The summed E-state index contributed by atoms with van der Waals surface area (Å²) in [4.78, 5) is 23.4. The third-order valence-electron chi connectivity index (χ3n) is 2.87. The lowest BCUT2D eigenvalue weighted by molar-refractivity contribution is -0.119. The number of halogens is 2. The first-order valence-corrected chi connectivity index (χ1v) is 7.24. The molecule has 0 atom stereocenters. The molecule has 4 nitrogen and oxygen atoms in total. The predicted octanol–water partition coefficient (Wildman–Crippen LogP) is 3.69. The molecule has 0 aromatic heterocycles. The predicted molar refractivity (Wildman–Crippen MR) is 84.2 cm³/mol. The number of anilines is 1. The summed E-state index contributed by atoms with van der Waals surface area (Å²) < 4.78 is 19.1. The van der Waals surface area contributed by atoms with Crippen LogP contribution in [0.3, 0.4) is 0 Å². The second-order valence-corrected chi connectivity index (χ2v) is 5.42. The van der Waals surface area contributed by atoms with E-state index in [-0.39, 0.29) is 5.56 Å². The Morgan fingerprint density at radius 2 is 1.95 bits per heavy atom. The lowest BCUT2D eigenvalue weighted by Crippen LogP contribution is -2.21. The smallest absolute Gasteiger partial charge is 0.341 e. The molecule has 0 aliphatic rings. The zero-order chi connectivity index (χ0) is 16.1. The maximum atomic E-state index is 13.4. The maximum absolute atomic E-state index is 13.4. The van der Waals surface area contributed by atoms with Crippen LogP contribution in [-0.2, 0) is 9.53 Å². The molecule has 0 bridgehead atoms. The van der Waals surface area contributed by atoms with Gasteiger partial charge in [-0.2, -0.15) is 0 Å². The van der Waals surface area contributed by atoms with E-state index in [0.717, 1.165) is 16.1 Å². The van der Waals surface area contributed by atoms with Gasteiger partial charge in [0.1, 0.15) is 5.82 Å². The molecule has 0 heterocycles. The number of carbonyl (C=O) groups is 2. The van der Waals surface area contributed by atoms with Crippen molar-refractivity contribution in [2.24, 2.45) is 0 Å². The Morgan fingerprint density at radius 1 is 1.23 bits per heavy atom. The third kappa shape index (κ3) is 4.14. The van der Waals surface area contributed by atoms with Gasteiger partial charge in [0, 0.05) is 10.2 Å². The van der Waals surface area contributed by atoms with Crippen LogP contribution in [0.1, 0.15) is 15.9 Å². The summed E-state index contributed by atoms with van der Waals surface area (Å²) in [5.74, 6) is -2.05. The van der Waals surface area contributed by atoms with Gasteiger partial charge in [-0.05, 0) is 42.8 Å². The monoisotopic (exact) mass is 365 g/mol. The highest BCUT2D eigenvalue weighted by Gasteiger charge is 2.14. The summed E-state index contributed by atoms with van der Waals surface area (Å²) in [5.41, 5.74) is 1.35. The van der Waals surface area contributed by atoms with Gasteiger partial charge in [0.2, 0.25) is 0 Å². The van der Waals surface area contributed by atoms with E-state index >= 15 is 0 Å². The van der Waals surface area contributed by atoms with Crippen LogP contribution in [0.25, 0.3) is 0 Å². The van der Waals surface area contributed by atoms with Gasteiger partial charge in [-0.1, -0.05) is 28.1 Å². The molecule has 0 spiro atoms. The van der Waals surface area contributed by atoms with Gasteiger partial charge in [0.05, 0.1) is 5.56 Å². The van der Waals surface area contributed by atoms with Crippen LogP contribution in [-0.4, -0.2) is 18.5 Å². The van der Waals surface area contributed by atoms with Crippen molar-refractivity contribution in [2.75, 3.05) is 11.9 Å². The normalized spacial score (nSPS) is 10.1. The van der Waals surface area contributed by atoms with E-state index in [0.29, 0.717) is 5.69 Å². The van der Waals surface area contributed by atoms with Crippen LogP contribution in [0.2, 0.25) is 0 Å². The summed E-state index contributed by atoms with van der Waals surface area (Å²) in [6.07, 6.45) is 0. The molecule has 114 valence electrons. The van der Waals surface area contributed by atoms with Crippen molar-refractivity contribution in [3.8, 4) is 0 Å². The molecular weight excluding hydrogens is 353 g/mol. The maximum Gasteiger partial charge on any atom is 0.341 e. The van der Waals surface area contributed by atoms with Gasteiger partial charge in [-0.25, -0.2) is 9.18 Å². The second-order valence-electron chi connectivity index (χ2n) is 4.57. The standard InChI is InChI=1S/C16H13BrFNO3/c1-10-8-11(6-7-13(10)17)19-15(20)9-22-16(21)12-4-2-3-5-14(12)18/h2-8H,9H2,1H3,(H,19,20). The Labute approximate surface area is 135 Å². The number of amides is 1. The van der Waals surface area contributed by atoms with Crippen molar-refractivity contribution in [1.29, 1.82) is 0 Å². The van der Waals surface area contributed by atoms with Crippen LogP contribution in [0, 0.1) is 12.7 Å². The van der Waals surface area contributed by atoms with Crippen LogP contribution in [0.4, 0.5) is 10.1 Å². The van der Waals surface area contributed by atoms with Crippen LogP contribution in [0.15, 0.2) is 46.9 Å². The summed E-state index contributed by atoms with van der Waals surface area (Å²) in [5, 5.41) is 2.60. The van der Waals surface area contributed by atoms with E-state index in [4.69, 9.17) is 4.74 Å². The molecule has 1 N–H and O–H groups in total. The number of benzene rings is 2. The minimum Gasteiger partial charge on any atom is -0.452 e. The van der Waals surface area contributed by atoms with Crippen molar-refractivity contribution in [1.82, 2.24) is 0 Å². The highest BCUT2D eigenvalue weighted by Crippen LogP contribution is 2.19. The molecule has 0 aliphatic carbocycles. The van der Waals surface area contributed by atoms with Crippen molar-refractivity contribution in [3.05, 3.63) is 63.9 Å². The van der Waals surface area contributed by atoms with Gasteiger partial charge < -0.3 is 10.1 Å². The molecule has 0 saturated heterocycles. The summed E-state index contributed by atoms with van der Waals surface area (Å²) in [7, 11) is 0. The minimum atomic E-state index is -0.875. The van der Waals surface area contributed by atoms with E-state index in [1.165, 1.54) is 18.2 Å². The van der Waals surface area contributed by atoms with Crippen molar-refractivity contribution in [3.63, 3.8) is 0 Å². The van der Waals surface area contributed by atoms with Crippen molar-refractivity contribution >= 4 is 33.5 Å². The molecule has 2 aromatic carbocycles. The lowest BCUT2D eigenvalue weighted by atomic mass is 10.2. The third-order valence-corrected chi connectivity index (χ3v) is 3.76. The van der Waals surface area contributed by atoms with Gasteiger partial charge in [0.15, 0.2) is 6.61 Å². The van der Waals surface area contributed by atoms with E-state index in [1.54, 1.807) is 18.2 Å². The molecule has 0 aliphatic heterocycles. The van der Waals surface area contributed by atoms with Gasteiger partial charge >= 0.3 is 5.97 Å². The molecule has 22 heavy (non-hydrogen) atoms. The van der Waals surface area contributed by atoms with Crippen molar-refractivity contribution in [2.45, 2.75) is 6.92 Å². The molecule has 0 fully saturated rings. The number of esters is 1. The number of hydrogen-bond donors (Lipinski definition) is 1. The summed E-state index contributed by atoms with van der Waals surface area (Å²) in [6.45, 7) is 1.40. The van der Waals surface area contributed by atoms with Gasteiger partial charge in [0.25, 0.3) is 5.91 Å². The van der Waals surface area contributed by atoms with Crippen LogP contribution >= 0.6 is 15.9 Å². The molecular formula is C16H13BrFNO3. The second kappa shape index (κ2) is 7.17. The highest BCUT2D eigenvalue weighted by atomic mass is 79.9. The number of rotatable bonds is 4. The van der Waals surface area contributed by atoms with Crippen molar-refractivity contribution < 1.29 is 18.7 Å². The number of aryl methyl sites for hydroxylation is 1. The molecule has 0 unspecified atom stereocenters. The van der Waals surface area contributed by atoms with Gasteiger partial charge in [-0.3, -0.25) is 4.79 Å². The molecule has 6 heteroatoms. The van der Waals surface area contributed by atoms with E-state index in [9.17, 15) is 14.0 Å². The Kier molecular flexibility index (Phi) is 5.27. The largest absolute Gasteiger partial charge is 0.452 e. The molecule has 1 amide bonds. The highest BCUT2D eigenvalue weighted by molar-refractivity contribution is 9.10. The topological polar surface area (TPSA) is 55.4 Å². The summed E-state index contributed by atoms with van der Waals surface area (Å²) in [6, 6.07) is 10.7. The zero-order valence-corrected chi connectivity index (χ0v) is 13.3. The number of hydrogen-bond acceptors (Lipinski definition) is 3. The molecule has 0 radical (unpaired) electrons. The molecule has 0 saturated carbocycles. The van der Waals surface area contributed by atoms with E-state index < -0.39 is 24.3 Å². The zero-order valence-electron chi connectivity index (χ0n) is 11.7. The number of nitrogens with one attached hydrogen (secondary N) is 1. The fraction of sp³-hybridized carbons (Fsp3) is 0.125. The van der Waals surface area contributed by atoms with Crippen LogP contribution < -0.4 is 5.32 Å². The SMILES string of the molecule is Cc1cc(NC(=O)COC(=O)c2ccccc2F)ccc1Br. The average molecular weight is 366 g/mol. The first-order chi connectivity index (χ1) is 10.5. The average Bonchev–Trinajstić information content (AvgIpc) is 2.49. The Hall–Kier alpha value is -2.21. The lowest BCUT2D eigenvalue weighted by Gasteiger charge is -2.08. The molecule has 2 aromatic rings. The minimum absolute atomic E-state index is 0.199. The fourth-order valence-corrected chi connectivity index (χ4v) is 2.00. The number of ether oxygens (including phenoxy) is 1. The van der Waals surface area contributed by atoms with E-state index in [2.05, 4.69) is 21.2 Å². The van der Waals surface area contributed by atoms with Gasteiger partial charge in [-0.15, -0.1) is 0 Å². The van der Waals surface area contributed by atoms with E-state index in [1.807, 2.05) is 6.92 Å².